The maximum Gasteiger partial charge on any atom is 0.242 e. The lowest BCUT2D eigenvalue weighted by Crippen LogP contribution is -2.39. The lowest BCUT2D eigenvalue weighted by molar-refractivity contribution is 0.211. The molecule has 1 saturated heterocycles. The first kappa shape index (κ1) is 14.3. The van der Waals surface area contributed by atoms with Gasteiger partial charge in [-0.05, 0) is 44.5 Å². The highest BCUT2D eigenvalue weighted by Gasteiger charge is 2.21. The molecule has 0 aliphatic carbocycles. The first-order chi connectivity index (χ1) is 8.99. The highest BCUT2D eigenvalue weighted by atomic mass is 32.2. The molecule has 0 aromatic heterocycles. The number of likely N-dealkylation sites (tertiary alicyclic amines) is 1. The van der Waals surface area contributed by atoms with E-state index in [1.165, 1.54) is 6.07 Å². The Morgan fingerprint density at radius 1 is 1.42 bits per heavy atom. The second-order valence-electron chi connectivity index (χ2n) is 5.16. The van der Waals surface area contributed by atoms with E-state index >= 15 is 0 Å². The Morgan fingerprint density at radius 2 is 2.16 bits per heavy atom. The van der Waals surface area contributed by atoms with Crippen LogP contribution in [-0.4, -0.2) is 40.0 Å². The largest absolute Gasteiger partial charge is 0.398 e. The second-order valence-corrected chi connectivity index (χ2v) is 6.90. The molecule has 5 nitrogen and oxygen atoms in total. The molecule has 1 heterocycles. The molecule has 1 unspecified atom stereocenters. The number of para-hydroxylation sites is 1. The van der Waals surface area contributed by atoms with Crippen molar-refractivity contribution in [1.82, 2.24) is 9.62 Å². The van der Waals surface area contributed by atoms with Crippen molar-refractivity contribution in [3.8, 4) is 0 Å². The third-order valence-corrected chi connectivity index (χ3v) is 4.99. The number of hydrogen-bond acceptors (Lipinski definition) is 4. The molecule has 0 radical (unpaired) electrons. The van der Waals surface area contributed by atoms with Gasteiger partial charge in [-0.25, -0.2) is 13.1 Å². The van der Waals surface area contributed by atoms with Gasteiger partial charge in [-0.1, -0.05) is 12.1 Å². The van der Waals surface area contributed by atoms with Gasteiger partial charge in [0.25, 0.3) is 0 Å². The van der Waals surface area contributed by atoms with Crippen molar-refractivity contribution < 1.29 is 8.42 Å². The van der Waals surface area contributed by atoms with E-state index in [0.717, 1.165) is 25.9 Å². The average Bonchev–Trinajstić information content (AvgIpc) is 2.37. The molecule has 1 fully saturated rings. The van der Waals surface area contributed by atoms with Crippen LogP contribution in [0.5, 0.6) is 0 Å². The van der Waals surface area contributed by atoms with Crippen LogP contribution in [0.25, 0.3) is 0 Å². The smallest absolute Gasteiger partial charge is 0.242 e. The summed E-state index contributed by atoms with van der Waals surface area (Å²) in [6, 6.07) is 6.54. The van der Waals surface area contributed by atoms with E-state index in [2.05, 4.69) is 16.7 Å². The predicted octanol–water partition coefficient (Wildman–Crippen LogP) is 0.889. The molecule has 3 N–H and O–H groups in total. The summed E-state index contributed by atoms with van der Waals surface area (Å²) in [4.78, 5) is 2.40. The Labute approximate surface area is 114 Å². The van der Waals surface area contributed by atoms with Gasteiger partial charge in [-0.3, -0.25) is 0 Å². The molecular weight excluding hydrogens is 262 g/mol. The summed E-state index contributed by atoms with van der Waals surface area (Å²) in [5.41, 5.74) is 6.00. The van der Waals surface area contributed by atoms with Gasteiger partial charge in [-0.2, -0.15) is 0 Å². The number of anilines is 1. The summed E-state index contributed by atoms with van der Waals surface area (Å²) in [5, 5.41) is 0. The molecule has 0 bridgehead atoms. The van der Waals surface area contributed by atoms with E-state index in [0.29, 0.717) is 12.5 Å². The summed E-state index contributed by atoms with van der Waals surface area (Å²) in [7, 11) is -1.44. The number of nitrogen functional groups attached to an aromatic ring is 1. The van der Waals surface area contributed by atoms with Crippen LogP contribution in [0, 0.1) is 5.92 Å². The number of benzene rings is 1. The maximum absolute atomic E-state index is 12.2. The summed E-state index contributed by atoms with van der Waals surface area (Å²) in [6.45, 7) is 2.50. The van der Waals surface area contributed by atoms with E-state index < -0.39 is 10.0 Å². The highest BCUT2D eigenvalue weighted by molar-refractivity contribution is 7.89. The van der Waals surface area contributed by atoms with Gasteiger partial charge in [0.1, 0.15) is 4.90 Å². The van der Waals surface area contributed by atoms with Crippen LogP contribution in [-0.2, 0) is 10.0 Å². The molecule has 0 amide bonds. The zero-order valence-electron chi connectivity index (χ0n) is 11.2. The van der Waals surface area contributed by atoms with Gasteiger partial charge in [0, 0.05) is 13.1 Å². The molecule has 106 valence electrons. The first-order valence-electron chi connectivity index (χ1n) is 6.52. The number of rotatable bonds is 4. The molecule has 19 heavy (non-hydrogen) atoms. The molecule has 1 aromatic carbocycles. The molecular formula is C13H21N3O2S. The van der Waals surface area contributed by atoms with E-state index in [4.69, 9.17) is 5.73 Å². The minimum atomic E-state index is -3.50. The number of hydrogen-bond donors (Lipinski definition) is 2. The zero-order chi connectivity index (χ0) is 13.9. The van der Waals surface area contributed by atoms with Crippen molar-refractivity contribution in [2.24, 2.45) is 5.92 Å². The average molecular weight is 283 g/mol. The number of sulfonamides is 1. The van der Waals surface area contributed by atoms with E-state index in [1.54, 1.807) is 18.2 Å². The van der Waals surface area contributed by atoms with Gasteiger partial charge in [-0.15, -0.1) is 0 Å². The van der Waals surface area contributed by atoms with Crippen LogP contribution in [0.3, 0.4) is 0 Å². The van der Waals surface area contributed by atoms with E-state index in [-0.39, 0.29) is 10.6 Å². The van der Waals surface area contributed by atoms with Crippen molar-refractivity contribution >= 4 is 15.7 Å². The monoisotopic (exact) mass is 283 g/mol. The molecule has 6 heteroatoms. The number of nitrogens with one attached hydrogen (secondary N) is 1. The maximum atomic E-state index is 12.2. The normalized spacial score (nSPS) is 21.4. The van der Waals surface area contributed by atoms with E-state index in [1.807, 2.05) is 0 Å². The topological polar surface area (TPSA) is 75.4 Å². The predicted molar refractivity (Wildman–Crippen MR) is 76.3 cm³/mol. The molecule has 1 aliphatic heterocycles. The van der Waals surface area contributed by atoms with Crippen molar-refractivity contribution in [3.63, 3.8) is 0 Å². The van der Waals surface area contributed by atoms with E-state index in [9.17, 15) is 8.42 Å². The summed E-state index contributed by atoms with van der Waals surface area (Å²) in [5.74, 6) is 0.374. The molecule has 2 rings (SSSR count). The molecule has 1 atom stereocenters. The fourth-order valence-corrected chi connectivity index (χ4v) is 3.72. The minimum absolute atomic E-state index is 0.166. The number of nitrogens with two attached hydrogens (primary N) is 1. The third-order valence-electron chi connectivity index (χ3n) is 3.49. The Bertz CT molecular complexity index is 530. The Kier molecular flexibility index (Phi) is 4.44. The van der Waals surface area contributed by atoms with Gasteiger partial charge in [0.2, 0.25) is 10.0 Å². The highest BCUT2D eigenvalue weighted by Crippen LogP contribution is 2.18. The lowest BCUT2D eigenvalue weighted by atomic mass is 9.99. The van der Waals surface area contributed by atoms with Crippen LogP contribution < -0.4 is 10.5 Å². The molecule has 1 aliphatic rings. The van der Waals surface area contributed by atoms with Crippen molar-refractivity contribution in [2.45, 2.75) is 17.7 Å². The minimum Gasteiger partial charge on any atom is -0.398 e. The lowest BCUT2D eigenvalue weighted by Gasteiger charge is -2.29. The Morgan fingerprint density at radius 3 is 2.84 bits per heavy atom. The zero-order valence-corrected chi connectivity index (χ0v) is 12.0. The fourth-order valence-electron chi connectivity index (χ4n) is 2.47. The summed E-state index contributed by atoms with van der Waals surface area (Å²) >= 11 is 0. The Hall–Kier alpha value is -1.11. The van der Waals surface area contributed by atoms with Gasteiger partial charge >= 0.3 is 0 Å². The van der Waals surface area contributed by atoms with Crippen LogP contribution in [0.15, 0.2) is 29.2 Å². The van der Waals surface area contributed by atoms with Crippen LogP contribution >= 0.6 is 0 Å². The molecule has 1 aromatic rings. The third kappa shape index (κ3) is 3.68. The van der Waals surface area contributed by atoms with Crippen molar-refractivity contribution in [1.29, 1.82) is 0 Å². The Balaban J connectivity index is 2.00. The first-order valence-corrected chi connectivity index (χ1v) is 8.00. The number of piperidine rings is 1. The second kappa shape index (κ2) is 5.90. The van der Waals surface area contributed by atoms with Crippen LogP contribution in [0.1, 0.15) is 12.8 Å². The van der Waals surface area contributed by atoms with Crippen molar-refractivity contribution in [3.05, 3.63) is 24.3 Å². The number of nitrogens with zero attached hydrogens (tertiary/aromatic N) is 1. The summed E-state index contributed by atoms with van der Waals surface area (Å²) < 4.78 is 27.0. The molecule has 0 saturated carbocycles. The SMILES string of the molecule is CN1CCCC(CNS(=O)(=O)c2ccccc2N)C1. The van der Waals surface area contributed by atoms with Gasteiger partial charge in [0.15, 0.2) is 0 Å². The quantitative estimate of drug-likeness (QED) is 0.805. The molecule has 0 spiro atoms. The van der Waals surface area contributed by atoms with Gasteiger partial charge < -0.3 is 10.6 Å². The van der Waals surface area contributed by atoms with Gasteiger partial charge in [0.05, 0.1) is 5.69 Å². The van der Waals surface area contributed by atoms with Crippen LogP contribution in [0.4, 0.5) is 5.69 Å². The fraction of sp³-hybridized carbons (Fsp3) is 0.538. The standard InChI is InChI=1S/C13H21N3O2S/c1-16-8-4-5-11(10-16)9-15-19(17,18)13-7-3-2-6-12(13)14/h2-3,6-7,11,15H,4-5,8-10,14H2,1H3. The van der Waals surface area contributed by atoms with Crippen molar-refractivity contribution in [2.75, 3.05) is 32.4 Å². The summed E-state index contributed by atoms with van der Waals surface area (Å²) in [6.07, 6.45) is 2.19. The van der Waals surface area contributed by atoms with Crippen LogP contribution in [0.2, 0.25) is 0 Å².